The fraction of sp³-hybridized carbons (Fsp3) is 0.909. The van der Waals surface area contributed by atoms with E-state index in [1.54, 1.807) is 0 Å². The van der Waals surface area contributed by atoms with Gasteiger partial charge in [-0.2, -0.15) is 0 Å². The van der Waals surface area contributed by atoms with E-state index in [4.69, 9.17) is 39.9 Å². The van der Waals surface area contributed by atoms with Crippen molar-refractivity contribution < 1.29 is 98.6 Å². The van der Waals surface area contributed by atoms with Crippen LogP contribution in [0.15, 0.2) is 0 Å². The highest BCUT2D eigenvalue weighted by atomic mass is 16.8. The number of esters is 1. The van der Waals surface area contributed by atoms with Crippen molar-refractivity contribution in [3.8, 4) is 0 Å². The molecule has 15 N–H and O–H groups in total. The van der Waals surface area contributed by atoms with Crippen molar-refractivity contribution in [2.24, 2.45) is 11.5 Å². The predicted octanol–water partition coefficient (Wildman–Crippen LogP) is -6.39. The third-order valence-electron chi connectivity index (χ3n) is 9.96. The van der Waals surface area contributed by atoms with Crippen LogP contribution in [0.4, 0.5) is 0 Å². The molecule has 23 nitrogen and oxygen atoms in total. The minimum Gasteiger partial charge on any atom is -0.477 e. The van der Waals surface area contributed by atoms with Crippen molar-refractivity contribution in [2.45, 2.75) is 149 Å². The van der Waals surface area contributed by atoms with Crippen molar-refractivity contribution >= 4 is 17.8 Å². The molecule has 0 unspecified atom stereocenters. The van der Waals surface area contributed by atoms with Gasteiger partial charge < -0.3 is 101 Å². The Labute approximate surface area is 322 Å². The third kappa shape index (κ3) is 12.1. The summed E-state index contributed by atoms with van der Waals surface area (Å²) < 4.78 is 39.1. The molecule has 23 heteroatoms. The first-order valence-electron chi connectivity index (χ1n) is 18.5. The van der Waals surface area contributed by atoms with Crippen molar-refractivity contribution in [2.75, 3.05) is 40.1 Å². The molecule has 3 fully saturated rings. The number of aliphatic hydroxyl groups excluding tert-OH is 9. The van der Waals surface area contributed by atoms with Gasteiger partial charge in [0.1, 0.15) is 67.1 Å². The summed E-state index contributed by atoms with van der Waals surface area (Å²) in [5, 5.41) is 107. The number of carbonyl (C=O) groups is 3. The lowest BCUT2D eigenvalue weighted by Gasteiger charge is -2.50. The van der Waals surface area contributed by atoms with Gasteiger partial charge in [-0.25, -0.2) is 4.79 Å². The Hall–Kier alpha value is -2.27. The zero-order valence-corrected chi connectivity index (χ0v) is 31.1. The van der Waals surface area contributed by atoms with Gasteiger partial charge in [0.25, 0.3) is 5.79 Å². The van der Waals surface area contributed by atoms with Crippen LogP contribution in [0, 0.1) is 0 Å². The molecule has 3 saturated heterocycles. The fourth-order valence-electron chi connectivity index (χ4n) is 6.70. The number of ether oxygens (including phenoxy) is 7. The molecule has 0 aromatic rings. The number of carbonyl (C=O) groups excluding carboxylic acids is 2. The molecule has 0 bridgehead atoms. The van der Waals surface area contributed by atoms with E-state index in [1.165, 1.54) is 7.11 Å². The van der Waals surface area contributed by atoms with Gasteiger partial charge in [-0.1, -0.05) is 25.7 Å². The molecule has 0 spiro atoms. The average molecular weight is 818 g/mol. The molecule has 3 heterocycles. The van der Waals surface area contributed by atoms with E-state index in [2.05, 4.69) is 10.1 Å². The molecule has 3 aliphatic heterocycles. The second-order valence-electron chi connectivity index (χ2n) is 14.0. The number of aliphatic hydroxyl groups is 9. The Kier molecular flexibility index (Phi) is 19.6. The topological polar surface area (TPSA) is 382 Å². The van der Waals surface area contributed by atoms with Crippen LogP contribution < -0.4 is 16.8 Å². The van der Waals surface area contributed by atoms with Crippen molar-refractivity contribution in [1.82, 2.24) is 5.32 Å². The first-order chi connectivity index (χ1) is 26.6. The van der Waals surface area contributed by atoms with Crippen LogP contribution in [-0.4, -0.2) is 207 Å². The van der Waals surface area contributed by atoms with Crippen LogP contribution in [-0.2, 0) is 47.5 Å². The first kappa shape index (κ1) is 48.1. The Morgan fingerprint density at radius 1 is 0.875 bits per heavy atom. The average Bonchev–Trinajstić information content (AvgIpc) is 3.18. The molecule has 3 rings (SSSR count). The van der Waals surface area contributed by atoms with Gasteiger partial charge in [-0.15, -0.1) is 0 Å². The number of carboxylic acids is 1. The minimum absolute atomic E-state index is 0.0812. The Bertz CT molecular complexity index is 1220. The lowest BCUT2D eigenvalue weighted by molar-refractivity contribution is -0.380. The molecule has 3 aliphatic rings. The predicted molar refractivity (Wildman–Crippen MR) is 183 cm³/mol. The van der Waals surface area contributed by atoms with Crippen LogP contribution >= 0.6 is 0 Å². The molecule has 0 aliphatic carbocycles. The molecule has 0 saturated carbocycles. The van der Waals surface area contributed by atoms with E-state index in [1.807, 2.05) is 0 Å². The fourth-order valence-corrected chi connectivity index (χ4v) is 6.70. The standard InChI is InChI=1S/C33H59N3O20/c1-50-20(43)8-6-4-2-3-5-7-9-51-30-22(36-19(42)11-34)28(24(45)17(13-38)52-30)54-31-26(47)29(25(46)18(14-39)53-31)56-33(32(48)49)10-15(40)21(35)27(55-33)23(44)16(41)12-37/h15-18,21-31,37-41,44-47H,2-14,34-35H2,1H3,(H,36,42)(H,48,49)/t15-,16+,17+,18+,21+,22+,23+,24+,25-,26+,27+,28+,29-,30+,31-,33-/m0/s1. The number of aliphatic carboxylic acids is 1. The lowest BCUT2D eigenvalue weighted by atomic mass is 9.88. The molecular formula is C33H59N3O20. The third-order valence-corrected chi connectivity index (χ3v) is 9.96. The van der Waals surface area contributed by atoms with Crippen molar-refractivity contribution in [1.29, 1.82) is 0 Å². The molecular weight excluding hydrogens is 758 g/mol. The maximum atomic E-state index is 12.7. The molecule has 326 valence electrons. The summed E-state index contributed by atoms with van der Waals surface area (Å²) >= 11 is 0. The van der Waals surface area contributed by atoms with E-state index in [-0.39, 0.29) is 12.6 Å². The van der Waals surface area contributed by atoms with Gasteiger partial charge >= 0.3 is 11.9 Å². The van der Waals surface area contributed by atoms with Crippen molar-refractivity contribution in [3.63, 3.8) is 0 Å². The molecule has 0 aromatic heterocycles. The molecule has 1 amide bonds. The van der Waals surface area contributed by atoms with Crippen LogP contribution in [0.3, 0.4) is 0 Å². The number of unbranched alkanes of at least 4 members (excludes halogenated alkanes) is 5. The van der Waals surface area contributed by atoms with Gasteiger partial charge in [0.15, 0.2) is 12.6 Å². The molecule has 0 radical (unpaired) electrons. The zero-order valence-electron chi connectivity index (χ0n) is 31.1. The molecule has 16 atom stereocenters. The highest BCUT2D eigenvalue weighted by Crippen LogP contribution is 2.38. The van der Waals surface area contributed by atoms with Gasteiger partial charge in [0.2, 0.25) is 5.91 Å². The Morgan fingerprint density at radius 2 is 1.46 bits per heavy atom. The summed E-state index contributed by atoms with van der Waals surface area (Å²) in [5.41, 5.74) is 11.4. The number of hydrogen-bond acceptors (Lipinski definition) is 21. The first-order valence-corrected chi connectivity index (χ1v) is 18.5. The SMILES string of the molecule is COC(=O)CCCCCCCCO[C@@H]1O[C@H](CO)[C@@H](O)[C@H](O[C@@H]2O[C@H](CO)[C@H](O)[C@H](O[C@]3(C(=O)O)C[C@H](O)[C@@H](N)[C@H]([C@H](O)[C@H](O)CO)O3)[C@H]2O)[C@H]1NC(=O)CN. The van der Waals surface area contributed by atoms with Gasteiger partial charge in [0.05, 0.1) is 45.6 Å². The highest BCUT2D eigenvalue weighted by molar-refractivity contribution is 5.78. The number of methoxy groups -OCH3 is 1. The maximum absolute atomic E-state index is 12.7. The number of hydrogen-bond donors (Lipinski definition) is 13. The van der Waals surface area contributed by atoms with Crippen molar-refractivity contribution in [3.05, 3.63) is 0 Å². The Balaban J connectivity index is 1.83. The van der Waals surface area contributed by atoms with E-state index >= 15 is 0 Å². The smallest absolute Gasteiger partial charge is 0.364 e. The molecule has 0 aromatic carbocycles. The number of nitrogens with one attached hydrogen (secondary N) is 1. The maximum Gasteiger partial charge on any atom is 0.364 e. The second kappa shape index (κ2) is 22.8. The lowest BCUT2D eigenvalue weighted by Crippen LogP contribution is -2.71. The van der Waals surface area contributed by atoms with E-state index < -0.39 is 142 Å². The summed E-state index contributed by atoms with van der Waals surface area (Å²) in [6.45, 7) is -3.19. The zero-order chi connectivity index (χ0) is 41.7. The summed E-state index contributed by atoms with van der Waals surface area (Å²) in [6, 6.07) is -2.90. The number of nitrogens with two attached hydrogens (primary N) is 2. The normalized spacial score (nSPS) is 37.4. The van der Waals surface area contributed by atoms with Crippen LogP contribution in [0.2, 0.25) is 0 Å². The van der Waals surface area contributed by atoms with E-state index in [0.717, 1.165) is 25.7 Å². The second-order valence-corrected chi connectivity index (χ2v) is 14.0. The van der Waals surface area contributed by atoms with E-state index in [0.29, 0.717) is 19.3 Å². The summed E-state index contributed by atoms with van der Waals surface area (Å²) in [7, 11) is 1.33. The van der Waals surface area contributed by atoms with Gasteiger partial charge in [-0.05, 0) is 12.8 Å². The largest absolute Gasteiger partial charge is 0.477 e. The van der Waals surface area contributed by atoms with E-state index in [9.17, 15) is 65.4 Å². The summed E-state index contributed by atoms with van der Waals surface area (Å²) in [6.07, 6.45) is -19.9. The monoisotopic (exact) mass is 817 g/mol. The number of amides is 1. The van der Waals surface area contributed by atoms with Gasteiger partial charge in [0, 0.05) is 19.4 Å². The number of rotatable bonds is 22. The quantitative estimate of drug-likeness (QED) is 0.0357. The van der Waals surface area contributed by atoms with Gasteiger partial charge in [-0.3, -0.25) is 9.59 Å². The summed E-state index contributed by atoms with van der Waals surface area (Å²) in [5.74, 6) is -5.95. The number of carboxylic acid groups (broad SMARTS) is 1. The van der Waals surface area contributed by atoms with Crippen LogP contribution in [0.5, 0.6) is 0 Å². The minimum atomic E-state index is -2.98. The van der Waals surface area contributed by atoms with Crippen LogP contribution in [0.25, 0.3) is 0 Å². The summed E-state index contributed by atoms with van der Waals surface area (Å²) in [4.78, 5) is 36.5. The molecule has 56 heavy (non-hydrogen) atoms. The Morgan fingerprint density at radius 3 is 2.04 bits per heavy atom. The highest BCUT2D eigenvalue weighted by Gasteiger charge is 2.59. The van der Waals surface area contributed by atoms with Crippen LogP contribution in [0.1, 0.15) is 51.4 Å².